The number of carbonyl (C=O) groups is 5. The number of alkyl carbamates (subject to hydrolysis) is 1. The second-order valence-electron chi connectivity index (χ2n) is 14.1. The molecule has 3 atom stereocenters. The van der Waals surface area contributed by atoms with E-state index in [9.17, 15) is 24.0 Å². The van der Waals surface area contributed by atoms with Crippen LogP contribution in [0.2, 0.25) is 0 Å². The van der Waals surface area contributed by atoms with E-state index < -0.39 is 59.1 Å². The zero-order valence-corrected chi connectivity index (χ0v) is 30.0. The zero-order chi connectivity index (χ0) is 36.2. The van der Waals surface area contributed by atoms with Crippen LogP contribution >= 0.6 is 0 Å². The number of hydrogen-bond acceptors (Lipinski definition) is 7. The maximum Gasteiger partial charge on any atom is 0.408 e. The molecule has 2 aromatic carbocycles. The molecular weight excluding hydrogens is 612 g/mol. The Morgan fingerprint density at radius 3 is 2.02 bits per heavy atom. The molecule has 0 radical (unpaired) electrons. The fourth-order valence-corrected chi connectivity index (χ4v) is 5.08. The highest BCUT2D eigenvalue weighted by Gasteiger charge is 2.39. The van der Waals surface area contributed by atoms with Gasteiger partial charge in [-0.2, -0.15) is 0 Å². The maximum atomic E-state index is 14.6. The number of nitrogens with two attached hydrogens (primary N) is 1. The van der Waals surface area contributed by atoms with Gasteiger partial charge in [-0.15, -0.1) is 0 Å². The van der Waals surface area contributed by atoms with Gasteiger partial charge in [-0.25, -0.2) is 9.59 Å². The number of nitrogens with one attached hydrogen (secondary N) is 2. The van der Waals surface area contributed by atoms with Crippen molar-refractivity contribution in [1.29, 1.82) is 0 Å². The smallest absolute Gasteiger partial charge is 0.408 e. The van der Waals surface area contributed by atoms with E-state index in [0.717, 1.165) is 16.7 Å². The van der Waals surface area contributed by atoms with Crippen LogP contribution in [-0.4, -0.2) is 64.5 Å². The zero-order valence-electron chi connectivity index (χ0n) is 30.0. The van der Waals surface area contributed by atoms with Crippen LogP contribution in [0.4, 0.5) is 4.79 Å². The average Bonchev–Trinajstić information content (AvgIpc) is 2.97. The first-order valence-corrected chi connectivity index (χ1v) is 16.5. The molecule has 0 aliphatic rings. The lowest BCUT2D eigenvalue weighted by atomic mass is 9.94. The van der Waals surface area contributed by atoms with Crippen molar-refractivity contribution in [2.75, 3.05) is 6.54 Å². The molecule has 48 heavy (non-hydrogen) atoms. The minimum absolute atomic E-state index is 0.105. The monoisotopic (exact) mass is 666 g/mol. The highest BCUT2D eigenvalue weighted by Crippen LogP contribution is 2.29. The van der Waals surface area contributed by atoms with Crippen molar-refractivity contribution >= 4 is 29.8 Å². The summed E-state index contributed by atoms with van der Waals surface area (Å²) in [6.07, 6.45) is 0.254. The van der Waals surface area contributed by atoms with Crippen LogP contribution < -0.4 is 16.4 Å². The first-order chi connectivity index (χ1) is 22.3. The third-order valence-electron chi connectivity index (χ3n) is 7.50. The van der Waals surface area contributed by atoms with E-state index >= 15 is 0 Å². The van der Waals surface area contributed by atoms with Gasteiger partial charge in [-0.1, -0.05) is 61.9 Å². The highest BCUT2D eigenvalue weighted by molar-refractivity contribution is 5.94. The molecule has 4 amide bonds. The molecule has 0 aliphatic heterocycles. The van der Waals surface area contributed by atoms with Gasteiger partial charge in [0.05, 0.1) is 0 Å². The largest absolute Gasteiger partial charge is 0.458 e. The van der Waals surface area contributed by atoms with Gasteiger partial charge in [-0.3, -0.25) is 14.4 Å². The maximum absolute atomic E-state index is 14.6. The lowest BCUT2D eigenvalue weighted by Crippen LogP contribution is -2.55. The van der Waals surface area contributed by atoms with Gasteiger partial charge in [0.15, 0.2) is 0 Å². The van der Waals surface area contributed by atoms with Crippen LogP contribution in [0.25, 0.3) is 0 Å². The number of primary amides is 1. The summed E-state index contributed by atoms with van der Waals surface area (Å²) in [6, 6.07) is 11.3. The van der Waals surface area contributed by atoms with Crippen molar-refractivity contribution in [2.24, 2.45) is 5.73 Å². The van der Waals surface area contributed by atoms with E-state index in [1.165, 1.54) is 4.90 Å². The average molecular weight is 667 g/mol. The molecule has 0 saturated carbocycles. The molecule has 3 unspecified atom stereocenters. The van der Waals surface area contributed by atoms with Gasteiger partial charge in [0, 0.05) is 19.4 Å². The molecule has 0 aromatic heterocycles. The number of ether oxygens (including phenoxy) is 2. The molecule has 0 heterocycles. The summed E-state index contributed by atoms with van der Waals surface area (Å²) < 4.78 is 11.1. The van der Waals surface area contributed by atoms with Gasteiger partial charge in [0.1, 0.15) is 29.3 Å². The lowest BCUT2D eigenvalue weighted by Gasteiger charge is -2.36. The van der Waals surface area contributed by atoms with E-state index in [1.807, 2.05) is 57.2 Å². The highest BCUT2D eigenvalue weighted by atomic mass is 16.6. The van der Waals surface area contributed by atoms with Crippen molar-refractivity contribution in [3.63, 3.8) is 0 Å². The molecule has 0 spiro atoms. The molecule has 11 nitrogen and oxygen atoms in total. The predicted octanol–water partition coefficient (Wildman–Crippen LogP) is 5.20. The molecular formula is C37H54N4O7. The van der Waals surface area contributed by atoms with Crippen molar-refractivity contribution < 1.29 is 33.4 Å². The Bertz CT molecular complexity index is 1410. The van der Waals surface area contributed by atoms with E-state index in [0.29, 0.717) is 18.4 Å². The SMILES string of the molecule is CCCCN(C(=O)C(CCC(N)=O)NC(=O)OC(C)(C)C)C(C(=O)NC(Cc1ccccc1)C(=O)OC(C)(C)C)c1cccc(C)c1C. The number of rotatable bonds is 15. The van der Waals surface area contributed by atoms with E-state index in [1.54, 1.807) is 53.7 Å². The minimum Gasteiger partial charge on any atom is -0.458 e. The standard InChI is InChI=1S/C37H54N4O7/c1-10-11-22-41(33(44)28(20-21-30(38)42)40-35(46)48-37(7,8)9)31(27-19-15-16-24(2)25(27)3)32(43)39-29(34(45)47-36(4,5)6)23-26-17-13-12-14-18-26/h12-19,28-29,31H,10-11,20-23H2,1-9H3,(H2,38,42)(H,39,43)(H,40,46). The van der Waals surface area contributed by atoms with E-state index in [-0.39, 0.29) is 25.8 Å². The normalized spacial score (nSPS) is 13.4. The Morgan fingerprint density at radius 1 is 0.833 bits per heavy atom. The summed E-state index contributed by atoms with van der Waals surface area (Å²) >= 11 is 0. The Labute approximate surface area is 285 Å². The van der Waals surface area contributed by atoms with Crippen LogP contribution in [0.15, 0.2) is 48.5 Å². The molecule has 264 valence electrons. The molecule has 0 bridgehead atoms. The Kier molecular flexibility index (Phi) is 14.6. The second-order valence-corrected chi connectivity index (χ2v) is 14.1. The van der Waals surface area contributed by atoms with E-state index in [2.05, 4.69) is 10.6 Å². The number of carbonyl (C=O) groups excluding carboxylic acids is 5. The van der Waals surface area contributed by atoms with Crippen molar-refractivity contribution in [1.82, 2.24) is 15.5 Å². The van der Waals surface area contributed by atoms with Gasteiger partial charge in [0.25, 0.3) is 0 Å². The number of benzene rings is 2. The fraction of sp³-hybridized carbons (Fsp3) is 0.541. The van der Waals surface area contributed by atoms with Crippen LogP contribution in [0.5, 0.6) is 0 Å². The number of aryl methyl sites for hydroxylation is 1. The summed E-state index contributed by atoms with van der Waals surface area (Å²) in [6.45, 7) is 16.2. The van der Waals surface area contributed by atoms with Crippen LogP contribution in [0, 0.1) is 13.8 Å². The Morgan fingerprint density at radius 2 is 1.46 bits per heavy atom. The Hall–Kier alpha value is -4.41. The summed E-state index contributed by atoms with van der Waals surface area (Å²) in [7, 11) is 0. The van der Waals surface area contributed by atoms with Gasteiger partial charge in [-0.05, 0) is 90.5 Å². The second kappa shape index (κ2) is 17.7. The van der Waals surface area contributed by atoms with Crippen molar-refractivity contribution in [3.05, 3.63) is 70.8 Å². The van der Waals surface area contributed by atoms with Crippen molar-refractivity contribution in [2.45, 2.75) is 124 Å². The summed E-state index contributed by atoms with van der Waals surface area (Å²) in [4.78, 5) is 68.7. The summed E-state index contributed by atoms with van der Waals surface area (Å²) in [5.41, 5.74) is 6.84. The number of amides is 4. The van der Waals surface area contributed by atoms with Crippen LogP contribution in [0.1, 0.15) is 102 Å². The molecule has 2 aromatic rings. The minimum atomic E-state index is -1.23. The van der Waals surface area contributed by atoms with Crippen molar-refractivity contribution in [3.8, 4) is 0 Å². The lowest BCUT2D eigenvalue weighted by molar-refractivity contribution is -0.159. The first-order valence-electron chi connectivity index (χ1n) is 16.5. The number of nitrogens with zero attached hydrogens (tertiary/aromatic N) is 1. The number of unbranched alkanes of at least 4 members (excludes halogenated alkanes) is 1. The van der Waals surface area contributed by atoms with Gasteiger partial charge in [0.2, 0.25) is 17.7 Å². The number of hydrogen-bond donors (Lipinski definition) is 3. The molecule has 0 saturated heterocycles. The number of esters is 1. The quantitative estimate of drug-likeness (QED) is 0.221. The molecule has 0 aliphatic carbocycles. The van der Waals surface area contributed by atoms with Crippen LogP contribution in [0.3, 0.4) is 0 Å². The van der Waals surface area contributed by atoms with Crippen LogP contribution in [-0.2, 0) is 35.1 Å². The van der Waals surface area contributed by atoms with Gasteiger partial charge < -0.3 is 30.7 Å². The van der Waals surface area contributed by atoms with E-state index in [4.69, 9.17) is 15.2 Å². The summed E-state index contributed by atoms with van der Waals surface area (Å²) in [5.74, 6) is -2.44. The third kappa shape index (κ3) is 13.0. The first kappa shape index (κ1) is 39.8. The molecule has 2 rings (SSSR count). The summed E-state index contributed by atoms with van der Waals surface area (Å²) in [5, 5.41) is 5.52. The topological polar surface area (TPSA) is 157 Å². The fourth-order valence-electron chi connectivity index (χ4n) is 5.08. The molecule has 4 N–H and O–H groups in total. The predicted molar refractivity (Wildman–Crippen MR) is 185 cm³/mol. The third-order valence-corrected chi connectivity index (χ3v) is 7.50. The molecule has 11 heteroatoms. The Balaban J connectivity index is 2.67. The molecule has 0 fully saturated rings. The van der Waals surface area contributed by atoms with Gasteiger partial charge >= 0.3 is 12.1 Å².